The Bertz CT molecular complexity index is 691. The normalized spacial score (nSPS) is 11.8. The van der Waals surface area contributed by atoms with Gasteiger partial charge in [-0.2, -0.15) is 0 Å². The average Bonchev–Trinajstić information content (AvgIpc) is 3.03. The summed E-state index contributed by atoms with van der Waals surface area (Å²) in [4.78, 5) is 23.4. The molecule has 1 heterocycles. The molecule has 6 heteroatoms. The zero-order valence-corrected chi connectivity index (χ0v) is 14.1. The van der Waals surface area contributed by atoms with Crippen LogP contribution in [0.1, 0.15) is 41.8 Å². The van der Waals surface area contributed by atoms with Crippen LogP contribution in [0.2, 0.25) is 0 Å². The molecule has 2 amide bonds. The number of rotatable bonds is 7. The SMILES string of the molecule is CCc1ccc([C@@H](COC)NC(=O)c2ccc(NC(C)=O)cc2)o1. The van der Waals surface area contributed by atoms with Gasteiger partial charge >= 0.3 is 0 Å². The lowest BCUT2D eigenvalue weighted by Gasteiger charge is -2.16. The third-order valence-corrected chi connectivity index (χ3v) is 3.48. The first kappa shape index (κ1) is 17.7. The van der Waals surface area contributed by atoms with Gasteiger partial charge in [-0.05, 0) is 36.4 Å². The number of furan rings is 1. The van der Waals surface area contributed by atoms with Crippen LogP contribution in [0.3, 0.4) is 0 Å². The van der Waals surface area contributed by atoms with Crippen LogP contribution in [-0.2, 0) is 16.0 Å². The lowest BCUT2D eigenvalue weighted by Crippen LogP contribution is -2.31. The molecule has 0 aliphatic carbocycles. The minimum atomic E-state index is -0.363. The highest BCUT2D eigenvalue weighted by Crippen LogP contribution is 2.19. The minimum absolute atomic E-state index is 0.156. The van der Waals surface area contributed by atoms with Crippen molar-refractivity contribution >= 4 is 17.5 Å². The maximum Gasteiger partial charge on any atom is 0.251 e. The van der Waals surface area contributed by atoms with Crippen LogP contribution in [0.15, 0.2) is 40.8 Å². The van der Waals surface area contributed by atoms with Gasteiger partial charge < -0.3 is 19.8 Å². The second kappa shape index (κ2) is 8.31. The first-order chi connectivity index (χ1) is 11.5. The van der Waals surface area contributed by atoms with Gasteiger partial charge in [-0.3, -0.25) is 9.59 Å². The first-order valence-corrected chi connectivity index (χ1v) is 7.79. The van der Waals surface area contributed by atoms with Crippen molar-refractivity contribution in [3.8, 4) is 0 Å². The number of amides is 2. The Kier molecular flexibility index (Phi) is 6.14. The average molecular weight is 330 g/mol. The first-order valence-electron chi connectivity index (χ1n) is 7.79. The Morgan fingerprint density at radius 1 is 1.17 bits per heavy atom. The number of anilines is 1. The second-order valence-electron chi connectivity index (χ2n) is 5.40. The van der Waals surface area contributed by atoms with E-state index in [1.165, 1.54) is 6.92 Å². The van der Waals surface area contributed by atoms with E-state index in [9.17, 15) is 9.59 Å². The Morgan fingerprint density at radius 3 is 2.42 bits per heavy atom. The molecule has 0 bridgehead atoms. The smallest absolute Gasteiger partial charge is 0.251 e. The van der Waals surface area contributed by atoms with Gasteiger partial charge in [0.2, 0.25) is 5.91 Å². The van der Waals surface area contributed by atoms with Crippen molar-refractivity contribution in [1.82, 2.24) is 5.32 Å². The van der Waals surface area contributed by atoms with Crippen molar-refractivity contribution in [2.75, 3.05) is 19.0 Å². The molecule has 0 radical (unpaired) electrons. The van der Waals surface area contributed by atoms with Crippen LogP contribution in [0.5, 0.6) is 0 Å². The third-order valence-electron chi connectivity index (χ3n) is 3.48. The number of carbonyl (C=O) groups is 2. The van der Waals surface area contributed by atoms with E-state index in [4.69, 9.17) is 9.15 Å². The number of carbonyl (C=O) groups excluding carboxylic acids is 2. The topological polar surface area (TPSA) is 80.6 Å². The summed E-state index contributed by atoms with van der Waals surface area (Å²) in [6.45, 7) is 3.75. The highest BCUT2D eigenvalue weighted by Gasteiger charge is 2.19. The molecule has 0 unspecified atom stereocenters. The summed E-state index contributed by atoms with van der Waals surface area (Å²) in [7, 11) is 1.57. The summed E-state index contributed by atoms with van der Waals surface area (Å²) in [5, 5.41) is 5.56. The van der Waals surface area contributed by atoms with E-state index in [2.05, 4.69) is 10.6 Å². The molecule has 24 heavy (non-hydrogen) atoms. The van der Waals surface area contributed by atoms with Gasteiger partial charge in [-0.15, -0.1) is 0 Å². The van der Waals surface area contributed by atoms with Crippen LogP contribution in [0.4, 0.5) is 5.69 Å². The van der Waals surface area contributed by atoms with Gasteiger partial charge in [-0.25, -0.2) is 0 Å². The molecule has 128 valence electrons. The number of aryl methyl sites for hydroxylation is 1. The van der Waals surface area contributed by atoms with E-state index in [0.717, 1.165) is 12.2 Å². The fraction of sp³-hybridized carbons (Fsp3) is 0.333. The summed E-state index contributed by atoms with van der Waals surface area (Å²) in [6, 6.07) is 10.1. The zero-order chi connectivity index (χ0) is 17.5. The van der Waals surface area contributed by atoms with E-state index in [1.807, 2.05) is 19.1 Å². The Hall–Kier alpha value is -2.60. The number of hydrogen-bond donors (Lipinski definition) is 2. The number of hydrogen-bond acceptors (Lipinski definition) is 4. The molecule has 1 aromatic carbocycles. The maximum atomic E-state index is 12.4. The summed E-state index contributed by atoms with van der Waals surface area (Å²) >= 11 is 0. The second-order valence-corrected chi connectivity index (χ2v) is 5.40. The molecule has 0 fully saturated rings. The van der Waals surface area contributed by atoms with Crippen LogP contribution in [0.25, 0.3) is 0 Å². The molecule has 6 nitrogen and oxygen atoms in total. The zero-order valence-electron chi connectivity index (χ0n) is 14.1. The highest BCUT2D eigenvalue weighted by atomic mass is 16.5. The fourth-order valence-electron chi connectivity index (χ4n) is 2.28. The molecule has 0 spiro atoms. The fourth-order valence-corrected chi connectivity index (χ4v) is 2.28. The van der Waals surface area contributed by atoms with Gasteiger partial charge in [0.15, 0.2) is 0 Å². The summed E-state index contributed by atoms with van der Waals surface area (Å²) in [5.74, 6) is 1.13. The molecule has 1 atom stereocenters. The van der Waals surface area contributed by atoms with Crippen LogP contribution >= 0.6 is 0 Å². The van der Waals surface area contributed by atoms with E-state index in [0.29, 0.717) is 23.6 Å². The molecule has 0 aliphatic heterocycles. The maximum absolute atomic E-state index is 12.4. The van der Waals surface area contributed by atoms with Gasteiger partial charge in [-0.1, -0.05) is 6.92 Å². The van der Waals surface area contributed by atoms with E-state index in [1.54, 1.807) is 31.4 Å². The number of methoxy groups -OCH3 is 1. The highest BCUT2D eigenvalue weighted by molar-refractivity contribution is 5.95. The summed E-state index contributed by atoms with van der Waals surface area (Å²) in [6.07, 6.45) is 0.790. The van der Waals surface area contributed by atoms with Crippen LogP contribution in [-0.4, -0.2) is 25.5 Å². The lowest BCUT2D eigenvalue weighted by molar-refractivity contribution is -0.114. The van der Waals surface area contributed by atoms with Crippen molar-refractivity contribution in [1.29, 1.82) is 0 Å². The van der Waals surface area contributed by atoms with Gasteiger partial charge in [0, 0.05) is 31.7 Å². The Labute approximate surface area is 141 Å². The lowest BCUT2D eigenvalue weighted by atomic mass is 10.1. The van der Waals surface area contributed by atoms with Crippen molar-refractivity contribution in [2.45, 2.75) is 26.3 Å². The number of benzene rings is 1. The molecule has 0 saturated heterocycles. The molecule has 2 aromatic rings. The predicted octanol–water partition coefficient (Wildman–Crippen LogP) is 2.92. The van der Waals surface area contributed by atoms with Gasteiger partial charge in [0.1, 0.15) is 17.6 Å². The molecule has 2 rings (SSSR count). The monoisotopic (exact) mass is 330 g/mol. The van der Waals surface area contributed by atoms with Crippen molar-refractivity contribution in [2.24, 2.45) is 0 Å². The van der Waals surface area contributed by atoms with Crippen LogP contribution in [0, 0.1) is 0 Å². The van der Waals surface area contributed by atoms with Crippen LogP contribution < -0.4 is 10.6 Å². The van der Waals surface area contributed by atoms with Gasteiger partial charge in [0.25, 0.3) is 5.91 Å². The third kappa shape index (κ3) is 4.70. The predicted molar refractivity (Wildman–Crippen MR) is 90.9 cm³/mol. The molecule has 0 aliphatic rings. The van der Waals surface area contributed by atoms with E-state index < -0.39 is 0 Å². The molecule has 1 aromatic heterocycles. The summed E-state index contributed by atoms with van der Waals surface area (Å²) in [5.41, 5.74) is 1.14. The van der Waals surface area contributed by atoms with E-state index in [-0.39, 0.29) is 17.9 Å². The van der Waals surface area contributed by atoms with Crippen molar-refractivity contribution < 1.29 is 18.7 Å². The Morgan fingerprint density at radius 2 is 1.88 bits per heavy atom. The largest absolute Gasteiger partial charge is 0.464 e. The molecule has 0 saturated carbocycles. The molecular weight excluding hydrogens is 308 g/mol. The summed E-state index contributed by atoms with van der Waals surface area (Å²) < 4.78 is 10.9. The Balaban J connectivity index is 2.08. The van der Waals surface area contributed by atoms with E-state index >= 15 is 0 Å². The number of ether oxygens (including phenoxy) is 1. The molecular formula is C18H22N2O4. The quantitative estimate of drug-likeness (QED) is 0.818. The van der Waals surface area contributed by atoms with Gasteiger partial charge in [0.05, 0.1) is 6.61 Å². The minimum Gasteiger partial charge on any atom is -0.464 e. The number of nitrogens with one attached hydrogen (secondary N) is 2. The molecule has 2 N–H and O–H groups in total. The standard InChI is InChI=1S/C18H22N2O4/c1-4-15-9-10-17(24-15)16(11-23-3)20-18(22)13-5-7-14(8-6-13)19-12(2)21/h5-10,16H,4,11H2,1-3H3,(H,19,21)(H,20,22)/t16-/m1/s1. The van der Waals surface area contributed by atoms with Crippen molar-refractivity contribution in [3.63, 3.8) is 0 Å². The van der Waals surface area contributed by atoms with Crippen molar-refractivity contribution in [3.05, 3.63) is 53.5 Å².